The largest absolute Gasteiger partial charge is 0.481 e. The number of hydrogen-bond acceptors (Lipinski definition) is 6. The number of rotatable bonds is 8. The summed E-state index contributed by atoms with van der Waals surface area (Å²) in [6, 6.07) is 17.1. The second-order valence-electron chi connectivity index (χ2n) is 5.61. The highest BCUT2D eigenvalue weighted by Gasteiger charge is 2.20. The topological polar surface area (TPSA) is 64.1 Å². The van der Waals surface area contributed by atoms with E-state index < -0.39 is 6.10 Å². The quantitative estimate of drug-likeness (QED) is 0.397. The smallest absolute Gasteiger partial charge is 0.267 e. The van der Waals surface area contributed by atoms with Gasteiger partial charge in [-0.15, -0.1) is 10.2 Å². The van der Waals surface area contributed by atoms with Crippen LogP contribution in [0.1, 0.15) is 18.9 Å². The molecule has 0 radical (unpaired) electrons. The van der Waals surface area contributed by atoms with Gasteiger partial charge in [0.2, 0.25) is 5.13 Å². The van der Waals surface area contributed by atoms with E-state index in [-0.39, 0.29) is 5.91 Å². The lowest BCUT2D eigenvalue weighted by Gasteiger charge is -2.16. The summed E-state index contributed by atoms with van der Waals surface area (Å²) < 4.78 is 6.55. The average molecular weight is 420 g/mol. The number of anilines is 1. The number of carbonyl (C=O) groups is 1. The summed E-state index contributed by atoms with van der Waals surface area (Å²) in [6.07, 6.45) is -0.111. The van der Waals surface area contributed by atoms with Crippen LogP contribution >= 0.6 is 34.7 Å². The second-order valence-corrected chi connectivity index (χ2v) is 8.25. The van der Waals surface area contributed by atoms with E-state index in [1.807, 2.05) is 25.1 Å². The Bertz CT molecular complexity index is 889. The molecule has 0 aliphatic rings. The van der Waals surface area contributed by atoms with Crippen LogP contribution in [0.2, 0.25) is 5.02 Å². The Kier molecular flexibility index (Phi) is 7.09. The summed E-state index contributed by atoms with van der Waals surface area (Å²) in [6.45, 7) is 1.88. The standard InChI is InChI=1S/C19H18ClN3O2S2/c1-2-16(25-15-10-6-9-14(20)11-15)17(24)21-18-22-23-19(27-18)26-12-13-7-4-3-5-8-13/h3-11,16H,2,12H2,1H3,(H,21,22,24)/t16-/m0/s1. The van der Waals surface area contributed by atoms with Crippen molar-refractivity contribution in [2.75, 3.05) is 5.32 Å². The molecule has 3 aromatic rings. The Labute approximate surface area is 171 Å². The molecule has 140 valence electrons. The van der Waals surface area contributed by atoms with E-state index in [1.165, 1.54) is 16.9 Å². The highest BCUT2D eigenvalue weighted by atomic mass is 35.5. The first-order valence-corrected chi connectivity index (χ1v) is 10.6. The number of nitrogens with zero attached hydrogens (tertiary/aromatic N) is 2. The van der Waals surface area contributed by atoms with Crippen molar-refractivity contribution in [3.05, 3.63) is 65.2 Å². The molecule has 1 amide bonds. The van der Waals surface area contributed by atoms with Gasteiger partial charge in [-0.1, -0.05) is 78.0 Å². The van der Waals surface area contributed by atoms with Gasteiger partial charge in [0.25, 0.3) is 5.91 Å². The minimum atomic E-state index is -0.632. The molecule has 0 fully saturated rings. The first kappa shape index (κ1) is 19.7. The molecule has 1 heterocycles. The van der Waals surface area contributed by atoms with Crippen LogP contribution in [0.4, 0.5) is 5.13 Å². The molecule has 0 aliphatic carbocycles. The number of ether oxygens (including phenoxy) is 1. The SMILES string of the molecule is CC[C@H](Oc1cccc(Cl)c1)C(=O)Nc1nnc(SCc2ccccc2)s1. The molecule has 5 nitrogen and oxygen atoms in total. The molecule has 3 rings (SSSR count). The highest BCUT2D eigenvalue weighted by Crippen LogP contribution is 2.28. The summed E-state index contributed by atoms with van der Waals surface area (Å²) >= 11 is 8.89. The summed E-state index contributed by atoms with van der Waals surface area (Å²) in [5.41, 5.74) is 1.21. The first-order valence-electron chi connectivity index (χ1n) is 8.37. The van der Waals surface area contributed by atoms with Gasteiger partial charge in [0.15, 0.2) is 10.4 Å². The van der Waals surface area contributed by atoms with E-state index >= 15 is 0 Å². The first-order chi connectivity index (χ1) is 13.1. The van der Waals surface area contributed by atoms with Crippen LogP contribution in [0.15, 0.2) is 58.9 Å². The Morgan fingerprint density at radius 1 is 1.22 bits per heavy atom. The maximum absolute atomic E-state index is 12.5. The third-order valence-corrected chi connectivity index (χ3v) is 5.86. The van der Waals surface area contributed by atoms with E-state index in [4.69, 9.17) is 16.3 Å². The molecule has 0 saturated carbocycles. The van der Waals surface area contributed by atoms with Crippen LogP contribution in [0.5, 0.6) is 5.75 Å². The van der Waals surface area contributed by atoms with Crippen LogP contribution in [-0.2, 0) is 10.5 Å². The number of hydrogen-bond donors (Lipinski definition) is 1. The van der Waals surface area contributed by atoms with E-state index in [1.54, 1.807) is 36.0 Å². The normalized spacial score (nSPS) is 11.8. The van der Waals surface area contributed by atoms with E-state index in [0.717, 1.165) is 10.1 Å². The maximum Gasteiger partial charge on any atom is 0.267 e. The van der Waals surface area contributed by atoms with Gasteiger partial charge in [-0.25, -0.2) is 0 Å². The van der Waals surface area contributed by atoms with Gasteiger partial charge >= 0.3 is 0 Å². The lowest BCUT2D eigenvalue weighted by atomic mass is 10.2. The Balaban J connectivity index is 1.55. The molecule has 0 aliphatic heterocycles. The number of thioether (sulfide) groups is 1. The van der Waals surface area contributed by atoms with Crippen molar-refractivity contribution in [1.82, 2.24) is 10.2 Å². The Morgan fingerprint density at radius 2 is 2.04 bits per heavy atom. The lowest BCUT2D eigenvalue weighted by Crippen LogP contribution is -2.32. The van der Waals surface area contributed by atoms with Crippen LogP contribution in [0.3, 0.4) is 0 Å². The summed E-state index contributed by atoms with van der Waals surface area (Å²) in [7, 11) is 0. The zero-order chi connectivity index (χ0) is 19.1. The average Bonchev–Trinajstić information content (AvgIpc) is 3.12. The molecule has 0 saturated heterocycles. The van der Waals surface area contributed by atoms with Crippen molar-refractivity contribution < 1.29 is 9.53 Å². The van der Waals surface area contributed by atoms with Gasteiger partial charge in [-0.2, -0.15) is 0 Å². The molecular weight excluding hydrogens is 402 g/mol. The van der Waals surface area contributed by atoms with Crippen molar-refractivity contribution in [2.24, 2.45) is 0 Å². The van der Waals surface area contributed by atoms with E-state index in [9.17, 15) is 4.79 Å². The van der Waals surface area contributed by atoms with Crippen LogP contribution in [0, 0.1) is 0 Å². The van der Waals surface area contributed by atoms with Crippen molar-refractivity contribution in [3.63, 3.8) is 0 Å². The fraction of sp³-hybridized carbons (Fsp3) is 0.211. The van der Waals surface area contributed by atoms with Crippen molar-refractivity contribution in [3.8, 4) is 5.75 Å². The summed E-state index contributed by atoms with van der Waals surface area (Å²) in [4.78, 5) is 12.5. The molecule has 1 atom stereocenters. The fourth-order valence-corrected chi connectivity index (χ4v) is 4.14. The summed E-state index contributed by atoms with van der Waals surface area (Å²) in [5.74, 6) is 1.10. The van der Waals surface area contributed by atoms with Gasteiger partial charge in [-0.3, -0.25) is 10.1 Å². The van der Waals surface area contributed by atoms with E-state index in [0.29, 0.717) is 22.3 Å². The van der Waals surface area contributed by atoms with Gasteiger partial charge in [0.05, 0.1) is 0 Å². The Hall–Kier alpha value is -2.09. The minimum Gasteiger partial charge on any atom is -0.481 e. The van der Waals surface area contributed by atoms with Gasteiger partial charge in [0.1, 0.15) is 5.75 Å². The monoisotopic (exact) mass is 419 g/mol. The second kappa shape index (κ2) is 9.73. The maximum atomic E-state index is 12.5. The third kappa shape index (κ3) is 5.95. The number of halogens is 1. The molecule has 1 N–H and O–H groups in total. The summed E-state index contributed by atoms with van der Waals surface area (Å²) in [5, 5.41) is 12.0. The number of carbonyl (C=O) groups excluding carboxylic acids is 1. The molecule has 2 aromatic carbocycles. The fourth-order valence-electron chi connectivity index (χ4n) is 2.25. The molecule has 0 spiro atoms. The molecule has 1 aromatic heterocycles. The third-order valence-electron chi connectivity index (χ3n) is 3.58. The predicted octanol–water partition coefficient (Wildman–Crippen LogP) is 5.28. The van der Waals surface area contributed by atoms with E-state index in [2.05, 4.69) is 27.6 Å². The van der Waals surface area contributed by atoms with Crippen molar-refractivity contribution in [1.29, 1.82) is 0 Å². The van der Waals surface area contributed by atoms with Crippen molar-refractivity contribution >= 4 is 45.7 Å². The van der Waals surface area contributed by atoms with Crippen molar-refractivity contribution in [2.45, 2.75) is 29.5 Å². The van der Waals surface area contributed by atoms with Crippen LogP contribution < -0.4 is 10.1 Å². The predicted molar refractivity (Wildman–Crippen MR) is 111 cm³/mol. The zero-order valence-corrected chi connectivity index (χ0v) is 17.0. The van der Waals surface area contributed by atoms with Crippen LogP contribution in [-0.4, -0.2) is 22.2 Å². The van der Waals surface area contributed by atoms with Gasteiger partial charge in [-0.05, 0) is 30.2 Å². The molecular formula is C19H18ClN3O2S2. The zero-order valence-electron chi connectivity index (χ0n) is 14.6. The number of amides is 1. The Morgan fingerprint density at radius 3 is 2.78 bits per heavy atom. The number of benzene rings is 2. The van der Waals surface area contributed by atoms with Crippen LogP contribution in [0.25, 0.3) is 0 Å². The molecule has 27 heavy (non-hydrogen) atoms. The van der Waals surface area contributed by atoms with Gasteiger partial charge < -0.3 is 4.74 Å². The lowest BCUT2D eigenvalue weighted by molar-refractivity contribution is -0.122. The molecule has 8 heteroatoms. The number of nitrogens with one attached hydrogen (secondary N) is 1. The van der Waals surface area contributed by atoms with Gasteiger partial charge in [0, 0.05) is 10.8 Å². The minimum absolute atomic E-state index is 0.256. The number of aromatic nitrogens is 2. The highest BCUT2D eigenvalue weighted by molar-refractivity contribution is 8.00. The molecule has 0 bridgehead atoms. The molecule has 0 unspecified atom stereocenters.